The molecule has 0 aromatic heterocycles. The van der Waals surface area contributed by atoms with E-state index in [1.807, 2.05) is 0 Å². The van der Waals surface area contributed by atoms with E-state index in [2.05, 4.69) is 0 Å². The Balaban J connectivity index is 2.40. The lowest BCUT2D eigenvalue weighted by Gasteiger charge is -2.03. The molecule has 0 saturated heterocycles. The molecule has 6 heteroatoms. The van der Waals surface area contributed by atoms with E-state index in [9.17, 15) is 16.8 Å². The second kappa shape index (κ2) is 2.64. The molecular formula is C10H6O4S2. The molecule has 0 amide bonds. The Morgan fingerprint density at radius 1 is 0.812 bits per heavy atom. The first-order valence-electron chi connectivity index (χ1n) is 5.29. The number of sulfone groups is 2. The maximum Gasteiger partial charge on any atom is 0.200 e. The van der Waals surface area contributed by atoms with Gasteiger partial charge in [0.1, 0.15) is 0 Å². The van der Waals surface area contributed by atoms with Crippen LogP contribution in [0.1, 0.15) is 13.9 Å². The van der Waals surface area contributed by atoms with E-state index < -0.39 is 30.4 Å². The lowest BCUT2D eigenvalue weighted by Crippen LogP contribution is -1.98. The second-order valence-corrected chi connectivity index (χ2v) is 6.82. The number of hydrogen-bond acceptors (Lipinski definition) is 4. The third-order valence-electron chi connectivity index (χ3n) is 2.46. The van der Waals surface area contributed by atoms with Crippen LogP contribution in [0.5, 0.6) is 0 Å². The number of rotatable bonds is 0. The predicted molar refractivity (Wildman–Crippen MR) is 58.9 cm³/mol. The van der Waals surface area contributed by atoms with Crippen LogP contribution >= 0.6 is 0 Å². The van der Waals surface area contributed by atoms with Crippen molar-refractivity contribution in [2.24, 2.45) is 0 Å². The van der Waals surface area contributed by atoms with Crippen LogP contribution < -0.4 is 0 Å². The van der Waals surface area contributed by atoms with Gasteiger partial charge in [0.25, 0.3) is 0 Å². The molecule has 0 aliphatic carbocycles. The van der Waals surface area contributed by atoms with Crippen molar-refractivity contribution < 1.29 is 19.6 Å². The summed E-state index contributed by atoms with van der Waals surface area (Å²) in [5.74, 6) is 0. The molecule has 0 saturated carbocycles. The molecule has 0 spiro atoms. The zero-order valence-corrected chi connectivity index (χ0v) is 9.39. The van der Waals surface area contributed by atoms with E-state index in [1.165, 1.54) is 12.1 Å². The van der Waals surface area contributed by atoms with Crippen LogP contribution in [0.25, 0.3) is 12.2 Å². The van der Waals surface area contributed by atoms with E-state index in [1.54, 1.807) is 0 Å². The van der Waals surface area contributed by atoms with Crippen molar-refractivity contribution in [2.45, 2.75) is 9.79 Å². The van der Waals surface area contributed by atoms with E-state index >= 15 is 0 Å². The Labute approximate surface area is 95.6 Å². The van der Waals surface area contributed by atoms with E-state index in [0.29, 0.717) is 0 Å². The number of hydrogen-bond donors (Lipinski definition) is 0. The average molecular weight is 256 g/mol. The molecule has 3 rings (SSSR count). The van der Waals surface area contributed by atoms with Gasteiger partial charge in [-0.3, -0.25) is 0 Å². The fourth-order valence-electron chi connectivity index (χ4n) is 1.69. The fourth-order valence-corrected chi connectivity index (χ4v) is 3.93. The van der Waals surface area contributed by atoms with Gasteiger partial charge in [-0.2, -0.15) is 0 Å². The zero-order valence-electron chi connectivity index (χ0n) is 9.76. The second-order valence-electron chi connectivity index (χ2n) is 3.46. The highest BCUT2D eigenvalue weighted by Crippen LogP contribution is 2.35. The quantitative estimate of drug-likeness (QED) is 0.699. The molecule has 0 radical (unpaired) electrons. The van der Waals surface area contributed by atoms with Crippen molar-refractivity contribution in [3.05, 3.63) is 34.0 Å². The van der Waals surface area contributed by atoms with Crippen molar-refractivity contribution in [1.82, 2.24) is 0 Å². The smallest absolute Gasteiger partial charge is 0.200 e. The third-order valence-corrected chi connectivity index (χ3v) is 5.18. The van der Waals surface area contributed by atoms with Gasteiger partial charge in [-0.1, -0.05) is 0 Å². The lowest BCUT2D eigenvalue weighted by molar-refractivity contribution is 0.602. The molecule has 2 aliphatic rings. The topological polar surface area (TPSA) is 68.3 Å². The Bertz CT molecular complexity index is 788. The summed E-state index contributed by atoms with van der Waals surface area (Å²) >= 11 is 0. The van der Waals surface area contributed by atoms with Crippen molar-refractivity contribution in [2.75, 3.05) is 0 Å². The highest BCUT2D eigenvalue weighted by Gasteiger charge is 2.27. The molecule has 0 unspecified atom stereocenters. The van der Waals surface area contributed by atoms with Crippen LogP contribution in [-0.4, -0.2) is 16.8 Å². The monoisotopic (exact) mass is 256 g/mol. The minimum absolute atomic E-state index is 0.0765. The minimum atomic E-state index is -3.82. The maximum absolute atomic E-state index is 11.8. The molecule has 1 aromatic carbocycles. The molecule has 2 heterocycles. The van der Waals surface area contributed by atoms with Gasteiger partial charge < -0.3 is 0 Å². The molecule has 0 N–H and O–H groups in total. The van der Waals surface area contributed by atoms with Gasteiger partial charge >= 0.3 is 0 Å². The summed E-state index contributed by atoms with van der Waals surface area (Å²) in [7, 11) is -7.64. The SMILES string of the molecule is [2H]C1=Cc2cc3c(cc2S1(=O)=O)C=C([2H])S3(=O)=O. The molecule has 16 heavy (non-hydrogen) atoms. The van der Waals surface area contributed by atoms with Crippen molar-refractivity contribution >= 4 is 31.8 Å². The van der Waals surface area contributed by atoms with Crippen LogP contribution in [0.15, 0.2) is 32.7 Å². The first kappa shape index (κ1) is 7.81. The summed E-state index contributed by atoms with van der Waals surface area (Å²) in [6, 6.07) is 2.41. The maximum atomic E-state index is 11.8. The largest absolute Gasteiger partial charge is 0.219 e. The van der Waals surface area contributed by atoms with Gasteiger partial charge in [-0.15, -0.1) is 0 Å². The van der Waals surface area contributed by atoms with Gasteiger partial charge in [0, 0.05) is 10.8 Å². The average Bonchev–Trinajstić information content (AvgIpc) is 2.62. The van der Waals surface area contributed by atoms with E-state index in [4.69, 9.17) is 2.74 Å². The van der Waals surface area contributed by atoms with E-state index in [0.717, 1.165) is 12.2 Å². The van der Waals surface area contributed by atoms with Gasteiger partial charge in [0.15, 0.2) is 19.7 Å². The molecule has 4 nitrogen and oxygen atoms in total. The van der Waals surface area contributed by atoms with E-state index in [-0.39, 0.29) is 20.9 Å². The summed E-state index contributed by atoms with van der Waals surface area (Å²) in [6.07, 6.45) is 2.23. The van der Waals surface area contributed by atoms with Crippen molar-refractivity contribution in [3.63, 3.8) is 0 Å². The predicted octanol–water partition coefficient (Wildman–Crippen LogP) is 1.20. The Morgan fingerprint density at radius 3 is 1.56 bits per heavy atom. The van der Waals surface area contributed by atoms with Crippen LogP contribution in [0.4, 0.5) is 0 Å². The van der Waals surface area contributed by atoms with Gasteiger partial charge in [0.2, 0.25) is 0 Å². The summed E-state index contributed by atoms with van der Waals surface area (Å²) < 4.78 is 61.7. The first-order valence-corrected chi connectivity index (χ1v) is 7.26. The summed E-state index contributed by atoms with van der Waals surface area (Å²) in [4.78, 5) is -0.153. The zero-order chi connectivity index (χ0) is 13.3. The summed E-state index contributed by atoms with van der Waals surface area (Å²) in [5, 5.41) is -1.10. The molecule has 2 aliphatic heterocycles. The van der Waals surface area contributed by atoms with Crippen LogP contribution in [0.3, 0.4) is 0 Å². The Kier molecular flexibility index (Phi) is 1.29. The normalized spacial score (nSPS) is 25.0. The number of fused-ring (bicyclic) bond motifs is 2. The molecular weight excluding hydrogens is 248 g/mol. The van der Waals surface area contributed by atoms with Crippen molar-refractivity contribution in [3.8, 4) is 0 Å². The van der Waals surface area contributed by atoms with Crippen LogP contribution in [0, 0.1) is 0 Å². The van der Waals surface area contributed by atoms with Gasteiger partial charge in [-0.05, 0) is 35.4 Å². The van der Waals surface area contributed by atoms with Gasteiger partial charge in [0.05, 0.1) is 12.5 Å². The summed E-state index contributed by atoms with van der Waals surface area (Å²) in [5.41, 5.74) is 0.371. The molecule has 1 aromatic rings. The molecule has 82 valence electrons. The van der Waals surface area contributed by atoms with Crippen LogP contribution in [0.2, 0.25) is 0 Å². The Hall–Kier alpha value is -1.40. The fraction of sp³-hybridized carbons (Fsp3) is 0. The highest BCUT2D eigenvalue weighted by atomic mass is 32.2. The number of benzene rings is 1. The first-order chi connectivity index (χ1) is 8.24. The highest BCUT2D eigenvalue weighted by molar-refractivity contribution is 7.95. The molecule has 0 atom stereocenters. The molecule has 0 fully saturated rings. The minimum Gasteiger partial charge on any atom is -0.219 e. The molecule has 0 bridgehead atoms. The van der Waals surface area contributed by atoms with Gasteiger partial charge in [-0.25, -0.2) is 16.8 Å². The standard InChI is InChI=1S/C10H6O4S2/c11-15(12)3-1-7-5-10-8(6-9(7)15)2-4-16(10,13)14/h1-6H/i3D,4D. The summed E-state index contributed by atoms with van der Waals surface area (Å²) in [6.45, 7) is 0. The Morgan fingerprint density at radius 2 is 1.19 bits per heavy atom. The van der Waals surface area contributed by atoms with Crippen molar-refractivity contribution in [1.29, 1.82) is 0 Å². The lowest BCUT2D eigenvalue weighted by atomic mass is 10.1. The van der Waals surface area contributed by atoms with Crippen LogP contribution in [-0.2, 0) is 19.7 Å². The third kappa shape index (κ3) is 1.14.